The third-order valence-electron chi connectivity index (χ3n) is 7.38. The number of likely N-dealkylation sites (N-methyl/N-ethyl adjacent to an activating group) is 1. The highest BCUT2D eigenvalue weighted by Gasteiger charge is 2.34. The minimum Gasteiger partial charge on any atom is -0.366 e. The summed E-state index contributed by atoms with van der Waals surface area (Å²) in [4.78, 5) is 25.0. The number of nitrogens with zero attached hydrogens (tertiary/aromatic N) is 6. The van der Waals surface area contributed by atoms with Crippen molar-refractivity contribution >= 4 is 23.1 Å². The number of rotatable bonds is 6. The maximum Gasteiger partial charge on any atom is 0.416 e. The van der Waals surface area contributed by atoms with Gasteiger partial charge in [0.05, 0.1) is 22.9 Å². The van der Waals surface area contributed by atoms with Crippen molar-refractivity contribution in [2.45, 2.75) is 31.6 Å². The summed E-state index contributed by atoms with van der Waals surface area (Å²) in [7, 11) is 1.98. The second kappa shape index (κ2) is 11.6. The molecule has 6 rings (SSSR count). The molecule has 1 aromatic carbocycles. The monoisotopic (exact) mass is 592 g/mol. The Labute approximate surface area is 244 Å². The number of anilines is 2. The van der Waals surface area contributed by atoms with Gasteiger partial charge >= 0.3 is 6.18 Å². The number of hydrogen-bond acceptors (Lipinski definition) is 7. The van der Waals surface area contributed by atoms with Gasteiger partial charge in [0, 0.05) is 50.6 Å². The molecular formula is C30H28F4N8O. The molecule has 43 heavy (non-hydrogen) atoms. The van der Waals surface area contributed by atoms with Crippen LogP contribution < -0.4 is 10.6 Å². The zero-order valence-electron chi connectivity index (χ0n) is 23.2. The van der Waals surface area contributed by atoms with Crippen LogP contribution in [0.4, 0.5) is 29.1 Å². The largest absolute Gasteiger partial charge is 0.416 e. The van der Waals surface area contributed by atoms with Crippen LogP contribution in [0.1, 0.15) is 45.6 Å². The predicted molar refractivity (Wildman–Crippen MR) is 152 cm³/mol. The van der Waals surface area contributed by atoms with Crippen LogP contribution in [0, 0.1) is 17.8 Å². The van der Waals surface area contributed by atoms with E-state index in [2.05, 4.69) is 42.4 Å². The third-order valence-corrected chi connectivity index (χ3v) is 7.38. The highest BCUT2D eigenvalue weighted by Crippen LogP contribution is 2.35. The van der Waals surface area contributed by atoms with Crippen molar-refractivity contribution in [1.82, 2.24) is 29.4 Å². The Balaban J connectivity index is 1.20. The molecule has 1 amide bonds. The van der Waals surface area contributed by atoms with Gasteiger partial charge in [0.15, 0.2) is 5.65 Å². The highest BCUT2D eigenvalue weighted by atomic mass is 19.4. The SMILES string of the molecule is CN1CCN(Cc2ccc(NC(=O)c3cnc(F)c(C#Cc4cnc5ccc(NC6CC6)nn45)c3)cc2C(F)(F)F)CC1. The van der Waals surface area contributed by atoms with E-state index in [9.17, 15) is 22.4 Å². The van der Waals surface area contributed by atoms with Gasteiger partial charge in [-0.3, -0.25) is 9.69 Å². The number of carbonyl (C=O) groups excluding carboxylic acids is 1. The van der Waals surface area contributed by atoms with E-state index in [0.717, 1.165) is 38.2 Å². The number of carbonyl (C=O) groups is 1. The van der Waals surface area contributed by atoms with Crippen LogP contribution in [0.15, 0.2) is 48.8 Å². The van der Waals surface area contributed by atoms with Crippen molar-refractivity contribution in [2.24, 2.45) is 0 Å². The number of benzene rings is 1. The van der Waals surface area contributed by atoms with E-state index in [0.29, 0.717) is 36.3 Å². The smallest absolute Gasteiger partial charge is 0.366 e. The Morgan fingerprint density at radius 1 is 1.02 bits per heavy atom. The number of aromatic nitrogens is 4. The van der Waals surface area contributed by atoms with Gasteiger partial charge in [-0.2, -0.15) is 17.6 Å². The Morgan fingerprint density at radius 2 is 1.81 bits per heavy atom. The molecule has 13 heteroatoms. The van der Waals surface area contributed by atoms with Crippen molar-refractivity contribution < 1.29 is 22.4 Å². The summed E-state index contributed by atoms with van der Waals surface area (Å²) in [5, 5.41) is 10.3. The number of nitrogens with one attached hydrogen (secondary N) is 2. The van der Waals surface area contributed by atoms with Crippen molar-refractivity contribution in [3.8, 4) is 11.8 Å². The molecule has 0 bridgehead atoms. The average Bonchev–Trinajstić information content (AvgIpc) is 3.70. The summed E-state index contributed by atoms with van der Waals surface area (Å²) < 4.78 is 58.0. The minimum absolute atomic E-state index is 0.0381. The van der Waals surface area contributed by atoms with Crippen LogP contribution in [-0.4, -0.2) is 74.6 Å². The number of pyridine rings is 1. The van der Waals surface area contributed by atoms with E-state index in [-0.39, 0.29) is 28.9 Å². The molecule has 2 aliphatic rings. The zero-order chi connectivity index (χ0) is 30.1. The van der Waals surface area contributed by atoms with E-state index >= 15 is 0 Å². The van der Waals surface area contributed by atoms with Crippen molar-refractivity contribution in [3.05, 3.63) is 82.7 Å². The number of halogens is 4. The first-order valence-corrected chi connectivity index (χ1v) is 13.8. The molecule has 3 aromatic heterocycles. The summed E-state index contributed by atoms with van der Waals surface area (Å²) >= 11 is 0. The maximum atomic E-state index is 14.5. The van der Waals surface area contributed by atoms with Crippen molar-refractivity contribution in [3.63, 3.8) is 0 Å². The summed E-state index contributed by atoms with van der Waals surface area (Å²) in [6, 6.07) is 8.95. The molecule has 1 saturated heterocycles. The second-order valence-corrected chi connectivity index (χ2v) is 10.8. The molecule has 1 saturated carbocycles. The average molecular weight is 593 g/mol. The molecule has 1 aliphatic heterocycles. The summed E-state index contributed by atoms with van der Waals surface area (Å²) in [6.07, 6.45) is 0.0678. The number of hydrogen-bond donors (Lipinski definition) is 2. The summed E-state index contributed by atoms with van der Waals surface area (Å²) in [5.41, 5.74) is 0.0221. The normalized spacial score (nSPS) is 16.1. The molecule has 1 aliphatic carbocycles. The predicted octanol–water partition coefficient (Wildman–Crippen LogP) is 4.26. The van der Waals surface area contributed by atoms with Gasteiger partial charge in [0.25, 0.3) is 5.91 Å². The lowest BCUT2D eigenvalue weighted by molar-refractivity contribution is -0.138. The van der Waals surface area contributed by atoms with Crippen LogP contribution in [-0.2, 0) is 12.7 Å². The van der Waals surface area contributed by atoms with Gasteiger partial charge < -0.3 is 15.5 Å². The Morgan fingerprint density at radius 3 is 2.56 bits per heavy atom. The van der Waals surface area contributed by atoms with E-state index in [1.165, 1.54) is 28.9 Å². The molecule has 4 aromatic rings. The van der Waals surface area contributed by atoms with E-state index < -0.39 is 23.6 Å². The Kier molecular flexibility index (Phi) is 7.72. The Bertz CT molecular complexity index is 1730. The minimum atomic E-state index is -4.61. The van der Waals surface area contributed by atoms with Crippen molar-refractivity contribution in [2.75, 3.05) is 43.9 Å². The lowest BCUT2D eigenvalue weighted by Gasteiger charge is -2.33. The lowest BCUT2D eigenvalue weighted by Crippen LogP contribution is -2.44. The topological polar surface area (TPSA) is 90.7 Å². The fourth-order valence-electron chi connectivity index (χ4n) is 4.77. The molecule has 0 radical (unpaired) electrons. The highest BCUT2D eigenvalue weighted by molar-refractivity contribution is 6.04. The fraction of sp³-hybridized carbons (Fsp3) is 0.333. The van der Waals surface area contributed by atoms with Crippen LogP contribution in [0.25, 0.3) is 5.65 Å². The van der Waals surface area contributed by atoms with Gasteiger partial charge in [-0.05, 0) is 61.7 Å². The van der Waals surface area contributed by atoms with E-state index in [1.807, 2.05) is 18.0 Å². The number of imidazole rings is 1. The van der Waals surface area contributed by atoms with Gasteiger partial charge in [-0.25, -0.2) is 14.5 Å². The standard InChI is InChI=1S/C30H28F4N8O/c1-40-10-12-41(13-11-40)18-20-2-4-23(15-25(20)30(32,33)34)38-29(43)21-14-19(28(31)36-16-21)3-7-24-17-35-27-9-8-26(39-42(24)27)37-22-5-6-22/h2,4,8-9,14-17,22H,5-6,10-13,18H2,1H3,(H,37,39)(H,38,43). The Hall–Kier alpha value is -4.54. The number of amides is 1. The number of fused-ring (bicyclic) bond motifs is 1. The molecule has 4 heterocycles. The zero-order valence-corrected chi connectivity index (χ0v) is 23.2. The molecule has 0 spiro atoms. The molecule has 2 N–H and O–H groups in total. The van der Waals surface area contributed by atoms with Gasteiger partial charge in [-0.1, -0.05) is 12.0 Å². The van der Waals surface area contributed by atoms with E-state index in [1.54, 1.807) is 6.07 Å². The summed E-state index contributed by atoms with van der Waals surface area (Å²) in [6.45, 7) is 3.05. The second-order valence-electron chi connectivity index (χ2n) is 10.8. The quantitative estimate of drug-likeness (QED) is 0.197. The molecule has 0 unspecified atom stereocenters. The van der Waals surface area contributed by atoms with Gasteiger partial charge in [-0.15, -0.1) is 5.10 Å². The molecule has 2 fully saturated rings. The first-order valence-electron chi connectivity index (χ1n) is 13.8. The third kappa shape index (κ3) is 6.76. The lowest BCUT2D eigenvalue weighted by atomic mass is 10.0. The molecular weight excluding hydrogens is 564 g/mol. The fourth-order valence-corrected chi connectivity index (χ4v) is 4.77. The number of alkyl halides is 3. The number of piperazine rings is 1. The molecule has 0 atom stereocenters. The molecule has 9 nitrogen and oxygen atoms in total. The van der Waals surface area contributed by atoms with Crippen molar-refractivity contribution in [1.29, 1.82) is 0 Å². The summed E-state index contributed by atoms with van der Waals surface area (Å²) in [5.74, 6) is 4.52. The first kappa shape index (κ1) is 28.6. The maximum absolute atomic E-state index is 14.5. The van der Waals surface area contributed by atoms with Crippen LogP contribution >= 0.6 is 0 Å². The first-order chi connectivity index (χ1) is 20.6. The van der Waals surface area contributed by atoms with Crippen LogP contribution in [0.3, 0.4) is 0 Å². The van der Waals surface area contributed by atoms with E-state index in [4.69, 9.17) is 0 Å². The van der Waals surface area contributed by atoms with Gasteiger partial charge in [0.1, 0.15) is 11.5 Å². The molecule has 222 valence electrons. The van der Waals surface area contributed by atoms with Gasteiger partial charge in [0.2, 0.25) is 5.95 Å². The van der Waals surface area contributed by atoms with Crippen LogP contribution in [0.5, 0.6) is 0 Å². The van der Waals surface area contributed by atoms with Crippen LogP contribution in [0.2, 0.25) is 0 Å².